The lowest BCUT2D eigenvalue weighted by molar-refractivity contribution is -0.145. The molecule has 7 nitrogen and oxygen atoms in total. The van der Waals surface area contributed by atoms with Gasteiger partial charge in [-0.05, 0) is 36.2 Å². The number of fused-ring (bicyclic) bond motifs is 1. The Morgan fingerprint density at radius 3 is 2.07 bits per heavy atom. The summed E-state index contributed by atoms with van der Waals surface area (Å²) >= 11 is 0. The Morgan fingerprint density at radius 1 is 0.964 bits per heavy atom. The van der Waals surface area contributed by atoms with Gasteiger partial charge in [-0.15, -0.1) is 0 Å². The van der Waals surface area contributed by atoms with Crippen molar-refractivity contribution in [3.63, 3.8) is 0 Å². The van der Waals surface area contributed by atoms with Crippen LogP contribution in [0.15, 0.2) is 53.4 Å². The van der Waals surface area contributed by atoms with Gasteiger partial charge in [0.2, 0.25) is 0 Å². The van der Waals surface area contributed by atoms with Crippen molar-refractivity contribution < 1.29 is 27.5 Å². The normalized spacial score (nSPS) is 13.5. The average Bonchev–Trinajstić information content (AvgIpc) is 2.92. The first-order valence-corrected chi connectivity index (χ1v) is 10.4. The maximum Gasteiger partial charge on any atom is 0.326 e. The predicted molar refractivity (Wildman–Crippen MR) is 100 cm³/mol. The highest BCUT2D eigenvalue weighted by molar-refractivity contribution is 7.91. The van der Waals surface area contributed by atoms with Crippen molar-refractivity contribution in [3.8, 4) is 0 Å². The van der Waals surface area contributed by atoms with Gasteiger partial charge in [0.25, 0.3) is 11.8 Å². The molecule has 0 atom stereocenters. The standard InChI is InChI=1S/C20H19NO6S/c1-2-11-28(25,26)15-9-7-14(8-10-15)13-27-18(22)12-21-19(23)16-5-3-4-6-17(16)20(21)24/h3-10H,2,11-13H2,1H3. The molecule has 0 fully saturated rings. The monoisotopic (exact) mass is 401 g/mol. The summed E-state index contributed by atoms with van der Waals surface area (Å²) in [7, 11) is -3.30. The second kappa shape index (κ2) is 7.93. The Labute approximate surface area is 162 Å². The van der Waals surface area contributed by atoms with Gasteiger partial charge in [0.1, 0.15) is 13.2 Å². The smallest absolute Gasteiger partial charge is 0.326 e. The largest absolute Gasteiger partial charge is 0.459 e. The van der Waals surface area contributed by atoms with Crippen molar-refractivity contribution in [1.29, 1.82) is 0 Å². The van der Waals surface area contributed by atoms with Crippen LogP contribution in [-0.2, 0) is 26.0 Å². The van der Waals surface area contributed by atoms with E-state index in [0.717, 1.165) is 4.90 Å². The number of carbonyl (C=O) groups is 3. The molecule has 0 aromatic heterocycles. The summed E-state index contributed by atoms with van der Waals surface area (Å²) in [5.74, 6) is -1.70. The van der Waals surface area contributed by atoms with Crippen molar-refractivity contribution in [1.82, 2.24) is 4.90 Å². The molecule has 1 aliphatic rings. The second-order valence-electron chi connectivity index (χ2n) is 6.37. The Balaban J connectivity index is 1.58. The molecule has 8 heteroatoms. The number of sulfone groups is 1. The first-order chi connectivity index (χ1) is 13.3. The molecule has 2 aromatic rings. The third-order valence-electron chi connectivity index (χ3n) is 4.32. The van der Waals surface area contributed by atoms with Crippen LogP contribution in [0.25, 0.3) is 0 Å². The van der Waals surface area contributed by atoms with Crippen LogP contribution in [0.3, 0.4) is 0 Å². The van der Waals surface area contributed by atoms with Gasteiger partial charge >= 0.3 is 5.97 Å². The number of hydrogen-bond donors (Lipinski definition) is 0. The fourth-order valence-electron chi connectivity index (χ4n) is 2.90. The highest BCUT2D eigenvalue weighted by Gasteiger charge is 2.36. The minimum atomic E-state index is -3.30. The summed E-state index contributed by atoms with van der Waals surface area (Å²) in [6, 6.07) is 12.4. The molecule has 0 radical (unpaired) electrons. The summed E-state index contributed by atoms with van der Waals surface area (Å²) in [6.45, 7) is 1.23. The van der Waals surface area contributed by atoms with Crippen molar-refractivity contribution >= 4 is 27.6 Å². The van der Waals surface area contributed by atoms with Crippen molar-refractivity contribution in [2.24, 2.45) is 0 Å². The zero-order chi connectivity index (χ0) is 20.3. The number of hydrogen-bond acceptors (Lipinski definition) is 6. The summed E-state index contributed by atoms with van der Waals surface area (Å²) in [5.41, 5.74) is 1.14. The fourth-order valence-corrected chi connectivity index (χ4v) is 4.22. The van der Waals surface area contributed by atoms with Gasteiger partial charge in [-0.2, -0.15) is 0 Å². The van der Waals surface area contributed by atoms with Gasteiger partial charge < -0.3 is 4.74 Å². The molecule has 0 bridgehead atoms. The lowest BCUT2D eigenvalue weighted by Crippen LogP contribution is -2.35. The first-order valence-electron chi connectivity index (χ1n) is 8.76. The van der Waals surface area contributed by atoms with E-state index in [-0.39, 0.29) is 28.4 Å². The van der Waals surface area contributed by atoms with Crippen LogP contribution < -0.4 is 0 Å². The highest BCUT2D eigenvalue weighted by Crippen LogP contribution is 2.22. The Bertz CT molecular complexity index is 992. The molecule has 2 aromatic carbocycles. The quantitative estimate of drug-likeness (QED) is 0.521. The van der Waals surface area contributed by atoms with Crippen LogP contribution in [-0.4, -0.2) is 43.4 Å². The number of rotatable bonds is 7. The van der Waals surface area contributed by atoms with E-state index < -0.39 is 34.2 Å². The maximum atomic E-state index is 12.2. The van der Waals surface area contributed by atoms with Crippen molar-refractivity contribution in [2.45, 2.75) is 24.8 Å². The molecule has 0 spiro atoms. The number of ether oxygens (including phenoxy) is 1. The van der Waals surface area contributed by atoms with Crippen LogP contribution in [0, 0.1) is 0 Å². The van der Waals surface area contributed by atoms with E-state index in [0.29, 0.717) is 12.0 Å². The number of benzene rings is 2. The molecule has 1 heterocycles. The number of imide groups is 1. The Hall–Kier alpha value is -3.00. The average molecular weight is 401 g/mol. The minimum absolute atomic E-state index is 0.0710. The molecule has 0 aliphatic carbocycles. The highest BCUT2D eigenvalue weighted by atomic mass is 32.2. The molecule has 0 unspecified atom stereocenters. The molecular formula is C20H19NO6S. The van der Waals surface area contributed by atoms with E-state index in [1.807, 2.05) is 0 Å². The number of esters is 1. The van der Waals surface area contributed by atoms with Gasteiger partial charge in [0, 0.05) is 0 Å². The van der Waals surface area contributed by atoms with Crippen molar-refractivity contribution in [2.75, 3.05) is 12.3 Å². The van der Waals surface area contributed by atoms with Crippen LogP contribution >= 0.6 is 0 Å². The molecule has 28 heavy (non-hydrogen) atoms. The third-order valence-corrected chi connectivity index (χ3v) is 6.26. The molecule has 0 N–H and O–H groups in total. The number of amides is 2. The third kappa shape index (κ3) is 3.96. The number of nitrogens with zero attached hydrogens (tertiary/aromatic N) is 1. The summed E-state index contributed by atoms with van der Waals surface area (Å²) in [5, 5.41) is 0. The van der Waals surface area contributed by atoms with Gasteiger partial charge in [-0.3, -0.25) is 19.3 Å². The van der Waals surface area contributed by atoms with Gasteiger partial charge in [0.15, 0.2) is 9.84 Å². The van der Waals surface area contributed by atoms with Gasteiger partial charge in [-0.25, -0.2) is 8.42 Å². The Morgan fingerprint density at radius 2 is 1.54 bits per heavy atom. The Kier molecular flexibility index (Phi) is 5.60. The lowest BCUT2D eigenvalue weighted by Gasteiger charge is -2.13. The van der Waals surface area contributed by atoms with E-state index in [4.69, 9.17) is 4.74 Å². The zero-order valence-electron chi connectivity index (χ0n) is 15.3. The van der Waals surface area contributed by atoms with E-state index >= 15 is 0 Å². The summed E-state index contributed by atoms with van der Waals surface area (Å²) < 4.78 is 29.1. The minimum Gasteiger partial charge on any atom is -0.459 e. The van der Waals surface area contributed by atoms with Gasteiger partial charge in [0.05, 0.1) is 21.8 Å². The molecule has 3 rings (SSSR count). The SMILES string of the molecule is CCCS(=O)(=O)c1ccc(COC(=O)CN2C(=O)c3ccccc3C2=O)cc1. The summed E-state index contributed by atoms with van der Waals surface area (Å²) in [4.78, 5) is 37.6. The van der Waals surface area contributed by atoms with Crippen LogP contribution in [0.2, 0.25) is 0 Å². The zero-order valence-corrected chi connectivity index (χ0v) is 16.1. The van der Waals surface area contributed by atoms with E-state index in [1.165, 1.54) is 24.3 Å². The second-order valence-corrected chi connectivity index (χ2v) is 8.47. The molecular weight excluding hydrogens is 382 g/mol. The van der Waals surface area contributed by atoms with Crippen molar-refractivity contribution in [3.05, 3.63) is 65.2 Å². The van der Waals surface area contributed by atoms with E-state index in [1.54, 1.807) is 31.2 Å². The van der Waals surface area contributed by atoms with Gasteiger partial charge in [-0.1, -0.05) is 31.2 Å². The molecule has 2 amide bonds. The van der Waals surface area contributed by atoms with Crippen LogP contribution in [0.1, 0.15) is 39.6 Å². The topological polar surface area (TPSA) is 97.8 Å². The summed E-state index contributed by atoms with van der Waals surface area (Å²) in [6.07, 6.45) is 0.527. The van der Waals surface area contributed by atoms with Crippen LogP contribution in [0.4, 0.5) is 0 Å². The molecule has 0 saturated carbocycles. The molecule has 0 saturated heterocycles. The maximum absolute atomic E-state index is 12.2. The predicted octanol–water partition coefficient (Wildman–Crippen LogP) is 2.21. The molecule has 1 aliphatic heterocycles. The fraction of sp³-hybridized carbons (Fsp3) is 0.250. The van der Waals surface area contributed by atoms with Crippen LogP contribution in [0.5, 0.6) is 0 Å². The molecule has 146 valence electrons. The van der Waals surface area contributed by atoms with E-state index in [9.17, 15) is 22.8 Å². The number of carbonyl (C=O) groups excluding carboxylic acids is 3. The lowest BCUT2D eigenvalue weighted by atomic mass is 10.1. The van der Waals surface area contributed by atoms with E-state index in [2.05, 4.69) is 0 Å². The first kappa shape index (κ1) is 19.8.